The molecule has 0 radical (unpaired) electrons. The maximum atomic E-state index is 12.0. The number of hydrogen-bond donors (Lipinski definition) is 0. The van der Waals surface area contributed by atoms with E-state index in [2.05, 4.69) is 4.84 Å². The molecule has 0 aliphatic carbocycles. The van der Waals surface area contributed by atoms with E-state index in [9.17, 15) is 22.8 Å². The van der Waals surface area contributed by atoms with Gasteiger partial charge in [0.2, 0.25) is 0 Å². The Bertz CT molecular complexity index is 702. The first-order valence-corrected chi connectivity index (χ1v) is 8.42. The van der Waals surface area contributed by atoms with Gasteiger partial charge in [-0.2, -0.15) is 0 Å². The monoisotopic (exact) mass is 325 g/mol. The van der Waals surface area contributed by atoms with E-state index in [1.807, 2.05) is 0 Å². The van der Waals surface area contributed by atoms with E-state index < -0.39 is 33.4 Å². The van der Waals surface area contributed by atoms with Crippen LogP contribution in [0.15, 0.2) is 24.3 Å². The van der Waals surface area contributed by atoms with Gasteiger partial charge in [-0.05, 0) is 18.1 Å². The Kier molecular flexibility index (Phi) is 4.32. The summed E-state index contributed by atoms with van der Waals surface area (Å²) in [4.78, 5) is 40.3. The highest BCUT2D eigenvalue weighted by atomic mass is 32.2. The molecule has 0 saturated carbocycles. The Labute approximate surface area is 127 Å². The molecule has 0 N–H and O–H groups in total. The average Bonchev–Trinajstić information content (AvgIpc) is 2.62. The van der Waals surface area contributed by atoms with E-state index in [-0.39, 0.29) is 22.8 Å². The maximum absolute atomic E-state index is 12.0. The van der Waals surface area contributed by atoms with Gasteiger partial charge in [-0.1, -0.05) is 31.0 Å². The van der Waals surface area contributed by atoms with Gasteiger partial charge in [-0.3, -0.25) is 9.59 Å². The summed E-state index contributed by atoms with van der Waals surface area (Å²) in [6.45, 7) is 3.40. The van der Waals surface area contributed by atoms with Gasteiger partial charge in [-0.25, -0.2) is 13.2 Å². The molecule has 22 heavy (non-hydrogen) atoms. The van der Waals surface area contributed by atoms with Crippen molar-refractivity contribution in [2.75, 3.05) is 11.5 Å². The molecule has 0 saturated heterocycles. The fourth-order valence-electron chi connectivity index (χ4n) is 2.12. The van der Waals surface area contributed by atoms with Crippen molar-refractivity contribution in [1.82, 2.24) is 5.06 Å². The third-order valence-corrected chi connectivity index (χ3v) is 4.72. The lowest BCUT2D eigenvalue weighted by Gasteiger charge is -2.13. The molecule has 0 atom stereocenters. The molecule has 1 aliphatic heterocycles. The molecule has 8 heteroatoms. The first-order valence-electron chi connectivity index (χ1n) is 6.60. The maximum Gasteiger partial charge on any atom is 0.348 e. The number of fused-ring (bicyclic) bond motifs is 1. The second-order valence-corrected chi connectivity index (χ2v) is 7.47. The van der Waals surface area contributed by atoms with Crippen LogP contribution in [0.4, 0.5) is 0 Å². The summed E-state index contributed by atoms with van der Waals surface area (Å²) in [6.07, 6.45) is 0. The highest BCUT2D eigenvalue weighted by Crippen LogP contribution is 2.22. The number of hydroxylamine groups is 2. The Balaban J connectivity index is 2.08. The number of sulfone groups is 1. The van der Waals surface area contributed by atoms with Gasteiger partial charge in [0, 0.05) is 0 Å². The predicted octanol–water partition coefficient (Wildman–Crippen LogP) is 0.812. The van der Waals surface area contributed by atoms with Crippen LogP contribution >= 0.6 is 0 Å². The van der Waals surface area contributed by atoms with Crippen molar-refractivity contribution >= 4 is 27.6 Å². The van der Waals surface area contributed by atoms with Gasteiger partial charge >= 0.3 is 5.97 Å². The van der Waals surface area contributed by atoms with Crippen molar-refractivity contribution < 1.29 is 27.6 Å². The number of rotatable bonds is 5. The minimum absolute atomic E-state index is 0.116. The summed E-state index contributed by atoms with van der Waals surface area (Å²) in [7, 11) is -3.65. The van der Waals surface area contributed by atoms with Crippen LogP contribution in [-0.2, 0) is 19.5 Å². The third-order valence-electron chi connectivity index (χ3n) is 2.87. The number of carbonyl (C=O) groups excluding carboxylic acids is 3. The normalized spacial score (nSPS) is 14.4. The Hall–Kier alpha value is -2.22. The van der Waals surface area contributed by atoms with Crippen LogP contribution in [0.1, 0.15) is 34.6 Å². The van der Waals surface area contributed by atoms with Crippen LogP contribution in [0.25, 0.3) is 0 Å². The number of hydrogen-bond acceptors (Lipinski definition) is 6. The quantitative estimate of drug-likeness (QED) is 0.743. The largest absolute Gasteiger partial charge is 0.348 e. The summed E-state index contributed by atoms with van der Waals surface area (Å²) >= 11 is 0. The number of carbonyl (C=O) groups is 3. The summed E-state index contributed by atoms with van der Waals surface area (Å²) in [5.41, 5.74) is 0.232. The van der Waals surface area contributed by atoms with Crippen LogP contribution in [0, 0.1) is 5.92 Å². The van der Waals surface area contributed by atoms with Gasteiger partial charge in [-0.15, -0.1) is 0 Å². The lowest BCUT2D eigenvalue weighted by Crippen LogP contribution is -2.35. The first-order chi connectivity index (χ1) is 10.2. The molecule has 7 nitrogen and oxygen atoms in total. The highest BCUT2D eigenvalue weighted by molar-refractivity contribution is 7.92. The molecule has 0 unspecified atom stereocenters. The lowest BCUT2D eigenvalue weighted by molar-refractivity contribution is -0.165. The van der Waals surface area contributed by atoms with Crippen LogP contribution < -0.4 is 0 Å². The molecule has 1 aliphatic rings. The van der Waals surface area contributed by atoms with Gasteiger partial charge in [0.25, 0.3) is 11.8 Å². The molecule has 1 heterocycles. The third kappa shape index (κ3) is 3.33. The predicted molar refractivity (Wildman–Crippen MR) is 76.5 cm³/mol. The number of imide groups is 1. The number of benzene rings is 1. The summed E-state index contributed by atoms with van der Waals surface area (Å²) in [5, 5.41) is 0.303. The van der Waals surface area contributed by atoms with Crippen LogP contribution in [0.2, 0.25) is 0 Å². The van der Waals surface area contributed by atoms with E-state index >= 15 is 0 Å². The fraction of sp³-hybridized carbons (Fsp3) is 0.357. The molecule has 0 spiro atoms. The first kappa shape index (κ1) is 16.2. The molecule has 0 bridgehead atoms. The zero-order valence-electron chi connectivity index (χ0n) is 12.1. The summed E-state index contributed by atoms with van der Waals surface area (Å²) in [5.74, 6) is -3.92. The summed E-state index contributed by atoms with van der Waals surface area (Å²) < 4.78 is 23.4. The van der Waals surface area contributed by atoms with Crippen molar-refractivity contribution in [3.63, 3.8) is 0 Å². The minimum Gasteiger partial charge on any atom is -0.329 e. The smallest absolute Gasteiger partial charge is 0.329 e. The molecule has 0 fully saturated rings. The van der Waals surface area contributed by atoms with Crippen LogP contribution in [0.5, 0.6) is 0 Å². The van der Waals surface area contributed by atoms with Crippen molar-refractivity contribution in [1.29, 1.82) is 0 Å². The Morgan fingerprint density at radius 3 is 2.09 bits per heavy atom. The van der Waals surface area contributed by atoms with Gasteiger partial charge in [0.05, 0.1) is 16.9 Å². The molecule has 2 rings (SSSR count). The highest BCUT2D eigenvalue weighted by Gasteiger charge is 2.39. The summed E-state index contributed by atoms with van der Waals surface area (Å²) in [6, 6.07) is 6.00. The van der Waals surface area contributed by atoms with Crippen molar-refractivity contribution in [3.8, 4) is 0 Å². The van der Waals surface area contributed by atoms with E-state index in [1.54, 1.807) is 26.0 Å². The molecule has 0 aromatic heterocycles. The average molecular weight is 325 g/mol. The molecular formula is C14H15NO6S. The molecule has 1 aromatic rings. The second-order valence-electron chi connectivity index (χ2n) is 5.36. The van der Waals surface area contributed by atoms with Crippen LogP contribution in [-0.4, -0.2) is 42.8 Å². The van der Waals surface area contributed by atoms with E-state index in [4.69, 9.17) is 0 Å². The lowest BCUT2D eigenvalue weighted by atomic mass is 10.1. The standard InChI is InChI=1S/C14H15NO6S/c1-9(2)7-22(19,20)8-12(16)21-15-13(17)10-5-3-4-6-11(10)14(15)18/h3-6,9H,7-8H2,1-2H3. The SMILES string of the molecule is CC(C)CS(=O)(=O)CC(=O)ON1C(=O)c2ccccc2C1=O. The van der Waals surface area contributed by atoms with Crippen molar-refractivity contribution in [2.24, 2.45) is 5.92 Å². The van der Waals surface area contributed by atoms with E-state index in [0.717, 1.165) is 0 Å². The molecule has 118 valence electrons. The topological polar surface area (TPSA) is 97.8 Å². The molecule has 1 aromatic carbocycles. The van der Waals surface area contributed by atoms with Gasteiger partial charge in [0.15, 0.2) is 15.6 Å². The Morgan fingerprint density at radius 2 is 1.64 bits per heavy atom. The van der Waals surface area contributed by atoms with Crippen molar-refractivity contribution in [2.45, 2.75) is 13.8 Å². The van der Waals surface area contributed by atoms with E-state index in [1.165, 1.54) is 12.1 Å². The number of amides is 2. The van der Waals surface area contributed by atoms with Crippen LogP contribution in [0.3, 0.4) is 0 Å². The van der Waals surface area contributed by atoms with Gasteiger partial charge in [0.1, 0.15) is 0 Å². The van der Waals surface area contributed by atoms with Gasteiger partial charge < -0.3 is 4.84 Å². The molecule has 2 amide bonds. The number of nitrogens with zero attached hydrogens (tertiary/aromatic N) is 1. The van der Waals surface area contributed by atoms with Crippen molar-refractivity contribution in [3.05, 3.63) is 35.4 Å². The molecular weight excluding hydrogens is 310 g/mol. The second kappa shape index (κ2) is 5.88. The zero-order valence-corrected chi connectivity index (χ0v) is 12.9. The minimum atomic E-state index is -3.65. The Morgan fingerprint density at radius 1 is 1.14 bits per heavy atom. The fourth-order valence-corrected chi connectivity index (χ4v) is 3.67. The zero-order chi connectivity index (χ0) is 16.5. The van der Waals surface area contributed by atoms with E-state index in [0.29, 0.717) is 5.06 Å².